The average molecular weight is 375 g/mol. The zero-order valence-corrected chi connectivity index (χ0v) is 16.2. The molecule has 0 atom stereocenters. The van der Waals surface area contributed by atoms with E-state index >= 15 is 0 Å². The van der Waals surface area contributed by atoms with E-state index in [2.05, 4.69) is 4.90 Å². The fourth-order valence-electron chi connectivity index (χ4n) is 2.98. The fraction of sp³-hybridized carbons (Fsp3) is 0.400. The first-order chi connectivity index (χ1) is 12.4. The molecule has 140 valence electrons. The van der Waals surface area contributed by atoms with Gasteiger partial charge in [0.15, 0.2) is 0 Å². The predicted octanol–water partition coefficient (Wildman–Crippen LogP) is 2.69. The molecular formula is C20H26N2O3S. The Balaban J connectivity index is 1.47. The minimum Gasteiger partial charge on any atom is -0.492 e. The Morgan fingerprint density at radius 2 is 1.38 bits per heavy atom. The van der Waals surface area contributed by atoms with Crippen LogP contribution < -0.4 is 4.74 Å². The molecule has 0 spiro atoms. The van der Waals surface area contributed by atoms with Crippen molar-refractivity contribution < 1.29 is 13.2 Å². The summed E-state index contributed by atoms with van der Waals surface area (Å²) in [4.78, 5) is 2.62. The smallest absolute Gasteiger partial charge is 0.243 e. The highest BCUT2D eigenvalue weighted by atomic mass is 32.2. The summed E-state index contributed by atoms with van der Waals surface area (Å²) in [6.07, 6.45) is 0. The summed E-state index contributed by atoms with van der Waals surface area (Å²) >= 11 is 0. The third-order valence-electron chi connectivity index (χ3n) is 4.69. The fourth-order valence-corrected chi connectivity index (χ4v) is 4.40. The normalized spacial score (nSPS) is 16.5. The van der Waals surface area contributed by atoms with Crippen molar-refractivity contribution in [3.05, 3.63) is 59.7 Å². The zero-order valence-electron chi connectivity index (χ0n) is 15.4. The van der Waals surface area contributed by atoms with Crippen LogP contribution >= 0.6 is 0 Å². The first kappa shape index (κ1) is 18.9. The van der Waals surface area contributed by atoms with Crippen LogP contribution in [-0.2, 0) is 10.0 Å². The molecule has 1 heterocycles. The molecule has 0 bridgehead atoms. The lowest BCUT2D eigenvalue weighted by Gasteiger charge is -2.33. The second-order valence-electron chi connectivity index (χ2n) is 6.72. The Morgan fingerprint density at radius 3 is 1.96 bits per heavy atom. The topological polar surface area (TPSA) is 49.9 Å². The van der Waals surface area contributed by atoms with Crippen molar-refractivity contribution in [2.24, 2.45) is 0 Å². The summed E-state index contributed by atoms with van der Waals surface area (Å²) in [5.74, 6) is 0.871. The standard InChI is InChI=1S/C20H26N2O3S/c1-17-3-7-19(8-4-17)25-16-15-21-11-13-22(14-12-21)26(23,24)20-9-5-18(2)6-10-20/h3-10H,11-16H2,1-2H3. The van der Waals surface area contributed by atoms with Crippen LogP contribution in [0, 0.1) is 13.8 Å². The van der Waals surface area contributed by atoms with Crippen LogP contribution in [0.5, 0.6) is 5.75 Å². The van der Waals surface area contributed by atoms with Crippen LogP contribution in [0.2, 0.25) is 0 Å². The van der Waals surface area contributed by atoms with Crippen molar-refractivity contribution in [3.63, 3.8) is 0 Å². The van der Waals surface area contributed by atoms with Gasteiger partial charge in [0.2, 0.25) is 10.0 Å². The summed E-state index contributed by atoms with van der Waals surface area (Å²) in [6.45, 7) is 7.88. The van der Waals surface area contributed by atoms with Gasteiger partial charge in [-0.25, -0.2) is 8.42 Å². The highest BCUT2D eigenvalue weighted by Crippen LogP contribution is 2.18. The minimum atomic E-state index is -3.39. The van der Waals surface area contributed by atoms with Gasteiger partial charge in [-0.15, -0.1) is 0 Å². The maximum atomic E-state index is 12.7. The average Bonchev–Trinajstić information content (AvgIpc) is 2.64. The quantitative estimate of drug-likeness (QED) is 0.780. The number of benzene rings is 2. The molecule has 1 aliphatic heterocycles. The van der Waals surface area contributed by atoms with E-state index in [4.69, 9.17) is 4.74 Å². The Labute approximate surface area is 156 Å². The first-order valence-electron chi connectivity index (χ1n) is 8.94. The largest absolute Gasteiger partial charge is 0.492 e. The number of nitrogens with zero attached hydrogens (tertiary/aromatic N) is 2. The number of piperazine rings is 1. The van der Waals surface area contributed by atoms with Gasteiger partial charge in [-0.3, -0.25) is 4.90 Å². The van der Waals surface area contributed by atoms with Crippen LogP contribution in [0.1, 0.15) is 11.1 Å². The molecule has 0 saturated carbocycles. The first-order valence-corrected chi connectivity index (χ1v) is 10.4. The van der Waals surface area contributed by atoms with Gasteiger partial charge in [0, 0.05) is 32.7 Å². The summed E-state index contributed by atoms with van der Waals surface area (Å²) in [5.41, 5.74) is 2.27. The van der Waals surface area contributed by atoms with Crippen molar-refractivity contribution in [2.45, 2.75) is 18.7 Å². The highest BCUT2D eigenvalue weighted by Gasteiger charge is 2.28. The molecule has 0 aromatic heterocycles. The van der Waals surface area contributed by atoms with Gasteiger partial charge in [-0.2, -0.15) is 4.31 Å². The van der Waals surface area contributed by atoms with Crippen molar-refractivity contribution in [1.29, 1.82) is 0 Å². The Morgan fingerprint density at radius 1 is 0.846 bits per heavy atom. The monoisotopic (exact) mass is 374 g/mol. The maximum Gasteiger partial charge on any atom is 0.243 e. The third-order valence-corrected chi connectivity index (χ3v) is 6.60. The molecule has 2 aromatic rings. The second kappa shape index (κ2) is 8.20. The summed E-state index contributed by atoms with van der Waals surface area (Å²) in [5, 5.41) is 0. The molecule has 26 heavy (non-hydrogen) atoms. The molecule has 1 aliphatic rings. The molecule has 0 amide bonds. The molecule has 0 N–H and O–H groups in total. The molecule has 1 fully saturated rings. The van der Waals surface area contributed by atoms with Crippen LogP contribution in [0.15, 0.2) is 53.4 Å². The Kier molecular flexibility index (Phi) is 5.96. The van der Waals surface area contributed by atoms with Crippen LogP contribution in [0.3, 0.4) is 0 Å². The Bertz CT molecular complexity index is 809. The van der Waals surface area contributed by atoms with Crippen molar-refractivity contribution >= 4 is 10.0 Å². The van der Waals surface area contributed by atoms with Gasteiger partial charge in [-0.05, 0) is 38.1 Å². The lowest BCUT2D eigenvalue weighted by atomic mass is 10.2. The number of sulfonamides is 1. The van der Waals surface area contributed by atoms with Gasteiger partial charge >= 0.3 is 0 Å². The molecule has 3 rings (SSSR count). The van der Waals surface area contributed by atoms with E-state index < -0.39 is 10.0 Å². The third kappa shape index (κ3) is 4.63. The van der Waals surface area contributed by atoms with Crippen LogP contribution in [0.4, 0.5) is 0 Å². The van der Waals surface area contributed by atoms with Gasteiger partial charge in [0.25, 0.3) is 0 Å². The Hall–Kier alpha value is -1.89. The number of hydrogen-bond acceptors (Lipinski definition) is 4. The molecule has 2 aromatic carbocycles. The summed E-state index contributed by atoms with van der Waals surface area (Å²) in [6, 6.07) is 15.1. The number of hydrogen-bond donors (Lipinski definition) is 0. The van der Waals surface area contributed by atoms with Crippen molar-refractivity contribution in [2.75, 3.05) is 39.3 Å². The van der Waals surface area contributed by atoms with E-state index in [0.717, 1.165) is 30.9 Å². The van der Waals surface area contributed by atoms with Gasteiger partial charge in [0.05, 0.1) is 4.90 Å². The van der Waals surface area contributed by atoms with E-state index in [1.54, 1.807) is 16.4 Å². The molecule has 0 radical (unpaired) electrons. The predicted molar refractivity (Wildman–Crippen MR) is 103 cm³/mol. The maximum absolute atomic E-state index is 12.7. The van der Waals surface area contributed by atoms with E-state index in [-0.39, 0.29) is 0 Å². The van der Waals surface area contributed by atoms with E-state index in [0.29, 0.717) is 24.6 Å². The summed E-state index contributed by atoms with van der Waals surface area (Å²) in [7, 11) is -3.39. The molecular weight excluding hydrogens is 348 g/mol. The lowest BCUT2D eigenvalue weighted by Crippen LogP contribution is -2.49. The summed E-state index contributed by atoms with van der Waals surface area (Å²) < 4.78 is 32.8. The number of aryl methyl sites for hydroxylation is 2. The SMILES string of the molecule is Cc1ccc(OCCN2CCN(S(=O)(=O)c3ccc(C)cc3)CC2)cc1. The molecule has 5 nitrogen and oxygen atoms in total. The second-order valence-corrected chi connectivity index (χ2v) is 8.66. The number of rotatable bonds is 6. The zero-order chi connectivity index (χ0) is 18.6. The van der Waals surface area contributed by atoms with E-state index in [1.165, 1.54) is 5.56 Å². The van der Waals surface area contributed by atoms with Crippen molar-refractivity contribution in [1.82, 2.24) is 9.21 Å². The molecule has 6 heteroatoms. The van der Waals surface area contributed by atoms with Gasteiger partial charge in [0.1, 0.15) is 12.4 Å². The van der Waals surface area contributed by atoms with Crippen molar-refractivity contribution in [3.8, 4) is 5.75 Å². The minimum absolute atomic E-state index is 0.374. The lowest BCUT2D eigenvalue weighted by molar-refractivity contribution is 0.159. The molecule has 1 saturated heterocycles. The highest BCUT2D eigenvalue weighted by molar-refractivity contribution is 7.89. The number of ether oxygens (including phenoxy) is 1. The van der Waals surface area contributed by atoms with Crippen LogP contribution in [-0.4, -0.2) is 57.0 Å². The van der Waals surface area contributed by atoms with Gasteiger partial charge in [-0.1, -0.05) is 35.4 Å². The van der Waals surface area contributed by atoms with E-state index in [1.807, 2.05) is 50.2 Å². The van der Waals surface area contributed by atoms with E-state index in [9.17, 15) is 8.42 Å². The van der Waals surface area contributed by atoms with Crippen LogP contribution in [0.25, 0.3) is 0 Å². The van der Waals surface area contributed by atoms with Gasteiger partial charge < -0.3 is 4.74 Å². The molecule has 0 unspecified atom stereocenters. The molecule has 0 aliphatic carbocycles.